The molecule has 4 heteroatoms. The van der Waals surface area contributed by atoms with Crippen LogP contribution in [0.3, 0.4) is 0 Å². The van der Waals surface area contributed by atoms with E-state index in [1.54, 1.807) is 11.8 Å². The standard InChI is InChI=1S/C17H29NO2S/c1-5-6-18-16(11-21-10-15(20)9-19)17-13(3)7-12(2)8-14(17)4/h7-8,15-16,18-20H,5-6,9-11H2,1-4H3. The van der Waals surface area contributed by atoms with Gasteiger partial charge in [-0.2, -0.15) is 11.8 Å². The van der Waals surface area contributed by atoms with Crippen LogP contribution in [0, 0.1) is 20.8 Å². The van der Waals surface area contributed by atoms with Gasteiger partial charge in [-0.1, -0.05) is 24.6 Å². The zero-order chi connectivity index (χ0) is 15.8. The Labute approximate surface area is 133 Å². The first-order chi connectivity index (χ1) is 9.99. The number of rotatable bonds is 9. The highest BCUT2D eigenvalue weighted by atomic mass is 32.2. The van der Waals surface area contributed by atoms with Gasteiger partial charge in [0.2, 0.25) is 0 Å². The van der Waals surface area contributed by atoms with E-state index >= 15 is 0 Å². The van der Waals surface area contributed by atoms with Gasteiger partial charge in [0.1, 0.15) is 0 Å². The molecular weight excluding hydrogens is 282 g/mol. The largest absolute Gasteiger partial charge is 0.394 e. The third-order valence-corrected chi connectivity index (χ3v) is 4.72. The summed E-state index contributed by atoms with van der Waals surface area (Å²) in [6.07, 6.45) is 0.478. The smallest absolute Gasteiger partial charge is 0.0861 e. The lowest BCUT2D eigenvalue weighted by Gasteiger charge is -2.23. The zero-order valence-electron chi connectivity index (χ0n) is 13.6. The number of aliphatic hydroxyl groups excluding tert-OH is 2. The van der Waals surface area contributed by atoms with Gasteiger partial charge in [0.05, 0.1) is 12.7 Å². The maximum Gasteiger partial charge on any atom is 0.0861 e. The van der Waals surface area contributed by atoms with Crippen molar-refractivity contribution >= 4 is 11.8 Å². The molecule has 120 valence electrons. The van der Waals surface area contributed by atoms with Crippen LogP contribution in [-0.2, 0) is 0 Å². The first-order valence-corrected chi connectivity index (χ1v) is 8.82. The van der Waals surface area contributed by atoms with Crippen LogP contribution in [0.15, 0.2) is 12.1 Å². The van der Waals surface area contributed by atoms with Crippen molar-refractivity contribution in [2.75, 3.05) is 24.7 Å². The summed E-state index contributed by atoms with van der Waals surface area (Å²) >= 11 is 1.69. The molecule has 2 unspecified atom stereocenters. The molecule has 0 amide bonds. The van der Waals surface area contributed by atoms with Gasteiger partial charge in [-0.15, -0.1) is 0 Å². The molecule has 0 aliphatic carbocycles. The molecule has 0 aliphatic rings. The Bertz CT molecular complexity index is 414. The predicted molar refractivity (Wildman–Crippen MR) is 92.1 cm³/mol. The summed E-state index contributed by atoms with van der Waals surface area (Å²) in [5, 5.41) is 22.0. The van der Waals surface area contributed by atoms with Crippen molar-refractivity contribution in [3.63, 3.8) is 0 Å². The highest BCUT2D eigenvalue weighted by molar-refractivity contribution is 7.99. The van der Waals surface area contributed by atoms with Gasteiger partial charge in [-0.25, -0.2) is 0 Å². The van der Waals surface area contributed by atoms with Crippen LogP contribution in [-0.4, -0.2) is 41.0 Å². The third kappa shape index (κ3) is 5.99. The second kappa shape index (κ2) is 9.46. The minimum absolute atomic E-state index is 0.164. The quantitative estimate of drug-likeness (QED) is 0.656. The molecule has 0 radical (unpaired) electrons. The number of aryl methyl sites for hydroxylation is 3. The Morgan fingerprint density at radius 2 is 1.76 bits per heavy atom. The van der Waals surface area contributed by atoms with Crippen LogP contribution in [0.5, 0.6) is 0 Å². The van der Waals surface area contributed by atoms with Gasteiger partial charge in [0.15, 0.2) is 0 Å². The van der Waals surface area contributed by atoms with Crippen molar-refractivity contribution < 1.29 is 10.2 Å². The Morgan fingerprint density at radius 1 is 1.14 bits per heavy atom. The number of aliphatic hydroxyl groups is 2. The van der Waals surface area contributed by atoms with E-state index in [4.69, 9.17) is 5.11 Å². The molecule has 1 rings (SSSR count). The highest BCUT2D eigenvalue weighted by Gasteiger charge is 2.16. The normalized spacial score (nSPS) is 14.2. The van der Waals surface area contributed by atoms with Gasteiger partial charge in [-0.3, -0.25) is 0 Å². The van der Waals surface area contributed by atoms with Crippen molar-refractivity contribution in [1.82, 2.24) is 5.32 Å². The average Bonchev–Trinajstić information content (AvgIpc) is 2.42. The molecule has 1 aromatic carbocycles. The lowest BCUT2D eigenvalue weighted by Crippen LogP contribution is -2.26. The van der Waals surface area contributed by atoms with Gasteiger partial charge in [0.25, 0.3) is 0 Å². The van der Waals surface area contributed by atoms with Crippen molar-refractivity contribution in [3.05, 3.63) is 34.4 Å². The zero-order valence-corrected chi connectivity index (χ0v) is 14.5. The summed E-state index contributed by atoms with van der Waals surface area (Å²) in [5.41, 5.74) is 5.32. The molecule has 0 bridgehead atoms. The van der Waals surface area contributed by atoms with Crippen molar-refractivity contribution in [1.29, 1.82) is 0 Å². The minimum Gasteiger partial charge on any atom is -0.394 e. The number of benzene rings is 1. The Kier molecular flexibility index (Phi) is 8.34. The van der Waals surface area contributed by atoms with Crippen LogP contribution in [0.4, 0.5) is 0 Å². The van der Waals surface area contributed by atoms with Crippen LogP contribution in [0.2, 0.25) is 0 Å². The van der Waals surface area contributed by atoms with Crippen molar-refractivity contribution in [3.8, 4) is 0 Å². The topological polar surface area (TPSA) is 52.5 Å². The lowest BCUT2D eigenvalue weighted by atomic mass is 9.95. The number of hydrogen-bond donors (Lipinski definition) is 3. The summed E-state index contributed by atoms with van der Waals surface area (Å²) in [6.45, 7) is 9.46. The number of nitrogens with one attached hydrogen (secondary N) is 1. The molecular formula is C17H29NO2S. The fourth-order valence-electron chi connectivity index (χ4n) is 2.68. The molecule has 0 fully saturated rings. The van der Waals surface area contributed by atoms with Crippen LogP contribution >= 0.6 is 11.8 Å². The molecule has 0 saturated carbocycles. The summed E-state index contributed by atoms with van der Waals surface area (Å²) < 4.78 is 0. The Hall–Kier alpha value is -0.550. The molecule has 0 heterocycles. The molecule has 0 aromatic heterocycles. The minimum atomic E-state index is -0.623. The first kappa shape index (κ1) is 18.5. The van der Waals surface area contributed by atoms with E-state index in [0.717, 1.165) is 18.7 Å². The molecule has 1 aromatic rings. The average molecular weight is 311 g/mol. The van der Waals surface area contributed by atoms with Crippen LogP contribution in [0.1, 0.15) is 41.6 Å². The Morgan fingerprint density at radius 3 is 2.29 bits per heavy atom. The molecule has 0 aliphatic heterocycles. The fraction of sp³-hybridized carbons (Fsp3) is 0.647. The van der Waals surface area contributed by atoms with E-state index in [1.165, 1.54) is 22.3 Å². The molecule has 2 atom stereocenters. The second-order valence-electron chi connectivity index (χ2n) is 5.69. The summed E-state index contributed by atoms with van der Waals surface area (Å²) in [5.74, 6) is 1.48. The molecule has 21 heavy (non-hydrogen) atoms. The summed E-state index contributed by atoms with van der Waals surface area (Å²) in [7, 11) is 0. The molecule has 0 spiro atoms. The summed E-state index contributed by atoms with van der Waals surface area (Å²) in [4.78, 5) is 0. The number of hydrogen-bond acceptors (Lipinski definition) is 4. The fourth-order valence-corrected chi connectivity index (χ4v) is 3.71. The van der Waals surface area contributed by atoms with Crippen LogP contribution in [0.25, 0.3) is 0 Å². The van der Waals surface area contributed by atoms with Gasteiger partial charge >= 0.3 is 0 Å². The lowest BCUT2D eigenvalue weighted by molar-refractivity contribution is 0.113. The first-order valence-electron chi connectivity index (χ1n) is 7.67. The van der Waals surface area contributed by atoms with Crippen molar-refractivity contribution in [2.45, 2.75) is 46.3 Å². The molecule has 0 saturated heterocycles. The summed E-state index contributed by atoms with van der Waals surface area (Å²) in [6, 6.07) is 4.76. The van der Waals surface area contributed by atoms with E-state index in [9.17, 15) is 5.11 Å². The van der Waals surface area contributed by atoms with E-state index in [2.05, 4.69) is 45.1 Å². The second-order valence-corrected chi connectivity index (χ2v) is 6.77. The van der Waals surface area contributed by atoms with E-state index in [1.807, 2.05) is 0 Å². The van der Waals surface area contributed by atoms with Gasteiger partial charge in [0, 0.05) is 17.5 Å². The van der Waals surface area contributed by atoms with Crippen LogP contribution < -0.4 is 5.32 Å². The van der Waals surface area contributed by atoms with E-state index < -0.39 is 6.10 Å². The number of thioether (sulfide) groups is 1. The predicted octanol–water partition coefficient (Wildman–Crippen LogP) is 2.74. The maximum atomic E-state index is 9.47. The van der Waals surface area contributed by atoms with Crippen molar-refractivity contribution in [2.24, 2.45) is 0 Å². The third-order valence-electron chi connectivity index (χ3n) is 3.53. The monoisotopic (exact) mass is 311 g/mol. The van der Waals surface area contributed by atoms with E-state index in [-0.39, 0.29) is 6.61 Å². The highest BCUT2D eigenvalue weighted by Crippen LogP contribution is 2.26. The van der Waals surface area contributed by atoms with E-state index in [0.29, 0.717) is 11.8 Å². The van der Waals surface area contributed by atoms with Gasteiger partial charge in [-0.05, 0) is 50.4 Å². The maximum absolute atomic E-state index is 9.47. The van der Waals surface area contributed by atoms with Gasteiger partial charge < -0.3 is 15.5 Å². The molecule has 3 N–H and O–H groups in total. The Balaban J connectivity index is 2.82. The molecule has 3 nitrogen and oxygen atoms in total. The SMILES string of the molecule is CCCNC(CSCC(O)CO)c1c(C)cc(C)cc1C.